The van der Waals surface area contributed by atoms with Crippen LogP contribution >= 0.6 is 0 Å². The maximum atomic E-state index is 12.2. The SMILES string of the molecule is Cc1occc1C(=O)OCC(COC(=O)c1ccoc1C)NC(=O)OC(C)(C)C. The molecule has 1 N–H and O–H groups in total. The Morgan fingerprint density at radius 3 is 1.72 bits per heavy atom. The molecule has 0 saturated heterocycles. The number of ether oxygens (including phenoxy) is 3. The van der Waals surface area contributed by atoms with Gasteiger partial charge in [-0.2, -0.15) is 0 Å². The van der Waals surface area contributed by atoms with Gasteiger partial charge in [-0.15, -0.1) is 0 Å². The van der Waals surface area contributed by atoms with Gasteiger partial charge in [-0.05, 0) is 46.8 Å². The van der Waals surface area contributed by atoms with Gasteiger partial charge in [0.05, 0.1) is 12.5 Å². The number of esters is 2. The van der Waals surface area contributed by atoms with E-state index < -0.39 is 29.7 Å². The molecule has 29 heavy (non-hydrogen) atoms. The molecule has 0 bridgehead atoms. The fraction of sp³-hybridized carbons (Fsp3) is 0.450. The van der Waals surface area contributed by atoms with Gasteiger partial charge in [-0.1, -0.05) is 0 Å². The standard InChI is InChI=1S/C20H25NO8/c1-12-15(6-8-25-12)17(22)27-10-14(21-19(24)29-20(3,4)5)11-28-18(23)16-7-9-26-13(16)2/h6-9,14H,10-11H2,1-5H3,(H,21,24). The molecule has 0 spiro atoms. The van der Waals surface area contributed by atoms with E-state index in [1.807, 2.05) is 0 Å². The Balaban J connectivity index is 1.99. The lowest BCUT2D eigenvalue weighted by Gasteiger charge is -2.23. The zero-order valence-corrected chi connectivity index (χ0v) is 17.1. The smallest absolute Gasteiger partial charge is 0.408 e. The van der Waals surface area contributed by atoms with E-state index in [0.29, 0.717) is 11.5 Å². The molecular weight excluding hydrogens is 382 g/mol. The highest BCUT2D eigenvalue weighted by Gasteiger charge is 2.24. The molecule has 0 fully saturated rings. The van der Waals surface area contributed by atoms with E-state index in [-0.39, 0.29) is 24.3 Å². The van der Waals surface area contributed by atoms with E-state index in [4.69, 9.17) is 23.0 Å². The van der Waals surface area contributed by atoms with Crippen molar-refractivity contribution in [3.05, 3.63) is 47.3 Å². The third-order valence-electron chi connectivity index (χ3n) is 3.71. The van der Waals surface area contributed by atoms with Crippen molar-refractivity contribution in [3.63, 3.8) is 0 Å². The number of hydrogen-bond acceptors (Lipinski definition) is 8. The van der Waals surface area contributed by atoms with E-state index >= 15 is 0 Å². The highest BCUT2D eigenvalue weighted by Crippen LogP contribution is 2.12. The Morgan fingerprint density at radius 2 is 1.38 bits per heavy atom. The summed E-state index contributed by atoms with van der Waals surface area (Å²) in [6, 6.07) is 2.14. The number of amides is 1. The van der Waals surface area contributed by atoms with Gasteiger partial charge in [0.2, 0.25) is 0 Å². The van der Waals surface area contributed by atoms with Crippen molar-refractivity contribution in [2.75, 3.05) is 13.2 Å². The second kappa shape index (κ2) is 9.31. The van der Waals surface area contributed by atoms with Gasteiger partial charge >= 0.3 is 18.0 Å². The van der Waals surface area contributed by atoms with Crippen LogP contribution in [0.4, 0.5) is 4.79 Å². The largest absolute Gasteiger partial charge is 0.469 e. The van der Waals surface area contributed by atoms with E-state index in [0.717, 1.165) is 0 Å². The number of hydrogen-bond donors (Lipinski definition) is 1. The molecule has 0 aliphatic heterocycles. The molecule has 158 valence electrons. The molecule has 2 heterocycles. The summed E-state index contributed by atoms with van der Waals surface area (Å²) in [5.74, 6) is -0.421. The van der Waals surface area contributed by atoms with Crippen LogP contribution in [0.1, 0.15) is 53.0 Å². The Hall–Kier alpha value is -3.23. The first-order chi connectivity index (χ1) is 13.6. The monoisotopic (exact) mass is 407 g/mol. The Kier molecular flexibility index (Phi) is 7.08. The van der Waals surface area contributed by atoms with Crippen molar-refractivity contribution in [2.24, 2.45) is 0 Å². The van der Waals surface area contributed by atoms with Gasteiger partial charge in [-0.3, -0.25) is 0 Å². The highest BCUT2D eigenvalue weighted by atomic mass is 16.6. The van der Waals surface area contributed by atoms with E-state index in [9.17, 15) is 14.4 Å². The van der Waals surface area contributed by atoms with E-state index in [1.54, 1.807) is 34.6 Å². The molecule has 0 radical (unpaired) electrons. The summed E-state index contributed by atoms with van der Waals surface area (Å²) >= 11 is 0. The number of aryl methyl sites for hydroxylation is 2. The minimum atomic E-state index is -0.822. The number of furan rings is 2. The lowest BCUT2D eigenvalue weighted by molar-refractivity contribution is 0.0228. The fourth-order valence-electron chi connectivity index (χ4n) is 2.31. The van der Waals surface area contributed by atoms with Crippen LogP contribution in [-0.4, -0.2) is 42.9 Å². The molecule has 0 saturated carbocycles. The Labute approximate surface area is 168 Å². The molecule has 0 unspecified atom stereocenters. The second-order valence-corrected chi connectivity index (χ2v) is 7.32. The topological polar surface area (TPSA) is 117 Å². The van der Waals surface area contributed by atoms with Crippen molar-refractivity contribution in [2.45, 2.75) is 46.3 Å². The summed E-state index contributed by atoms with van der Waals surface area (Å²) in [6.45, 7) is 7.92. The van der Waals surface area contributed by atoms with Crippen molar-refractivity contribution >= 4 is 18.0 Å². The first kappa shape index (κ1) is 22.1. The van der Waals surface area contributed by atoms with Crippen LogP contribution in [-0.2, 0) is 14.2 Å². The first-order valence-electron chi connectivity index (χ1n) is 8.99. The molecule has 0 aromatic carbocycles. The first-order valence-corrected chi connectivity index (χ1v) is 8.99. The summed E-state index contributed by atoms with van der Waals surface area (Å²) in [7, 11) is 0. The van der Waals surface area contributed by atoms with Crippen LogP contribution < -0.4 is 5.32 Å². The molecule has 0 aliphatic carbocycles. The molecule has 2 aromatic rings. The van der Waals surface area contributed by atoms with Crippen LogP contribution in [0.25, 0.3) is 0 Å². The zero-order valence-electron chi connectivity index (χ0n) is 17.1. The average Bonchev–Trinajstić information content (AvgIpc) is 3.23. The van der Waals surface area contributed by atoms with E-state index in [2.05, 4.69) is 5.32 Å². The van der Waals surface area contributed by atoms with Crippen molar-refractivity contribution in [3.8, 4) is 0 Å². The van der Waals surface area contributed by atoms with Gasteiger partial charge in [0.1, 0.15) is 47.5 Å². The molecular formula is C20H25NO8. The zero-order chi connectivity index (χ0) is 21.6. The number of alkyl carbamates (subject to hydrolysis) is 1. The van der Waals surface area contributed by atoms with Crippen LogP contribution in [0, 0.1) is 13.8 Å². The van der Waals surface area contributed by atoms with Crippen molar-refractivity contribution in [1.29, 1.82) is 0 Å². The van der Waals surface area contributed by atoms with Crippen molar-refractivity contribution < 1.29 is 37.4 Å². The number of rotatable bonds is 7. The third-order valence-corrected chi connectivity index (χ3v) is 3.71. The van der Waals surface area contributed by atoms with Crippen molar-refractivity contribution in [1.82, 2.24) is 5.32 Å². The predicted octanol–water partition coefficient (Wildman–Crippen LogP) is 3.40. The van der Waals surface area contributed by atoms with E-state index in [1.165, 1.54) is 24.7 Å². The lowest BCUT2D eigenvalue weighted by atomic mass is 10.2. The third kappa shape index (κ3) is 6.70. The van der Waals surface area contributed by atoms with Gasteiger partial charge < -0.3 is 28.4 Å². The maximum Gasteiger partial charge on any atom is 0.408 e. The van der Waals surface area contributed by atoms with Gasteiger partial charge in [0, 0.05) is 0 Å². The molecule has 2 aromatic heterocycles. The van der Waals surface area contributed by atoms with Crippen LogP contribution in [0.15, 0.2) is 33.5 Å². The summed E-state index contributed by atoms with van der Waals surface area (Å²) in [6.07, 6.45) is 2.02. The summed E-state index contributed by atoms with van der Waals surface area (Å²) in [5.41, 5.74) is -0.178. The van der Waals surface area contributed by atoms with Gasteiger partial charge in [0.15, 0.2) is 0 Å². The molecule has 2 rings (SSSR count). The number of carbonyl (C=O) groups excluding carboxylic acids is 3. The van der Waals surface area contributed by atoms with Crippen LogP contribution in [0.2, 0.25) is 0 Å². The summed E-state index contributed by atoms with van der Waals surface area (Å²) < 4.78 is 25.8. The number of nitrogens with one attached hydrogen (secondary N) is 1. The molecule has 9 heteroatoms. The predicted molar refractivity (Wildman–Crippen MR) is 101 cm³/mol. The number of carbonyl (C=O) groups is 3. The lowest BCUT2D eigenvalue weighted by Crippen LogP contribution is -2.44. The highest BCUT2D eigenvalue weighted by molar-refractivity contribution is 5.91. The van der Waals surface area contributed by atoms with Crippen LogP contribution in [0.3, 0.4) is 0 Å². The summed E-state index contributed by atoms with van der Waals surface area (Å²) in [4.78, 5) is 36.4. The minimum Gasteiger partial charge on any atom is -0.469 e. The summed E-state index contributed by atoms with van der Waals surface area (Å²) in [5, 5.41) is 2.54. The molecule has 1 amide bonds. The van der Waals surface area contributed by atoms with Gasteiger partial charge in [-0.25, -0.2) is 14.4 Å². The fourth-order valence-corrected chi connectivity index (χ4v) is 2.31. The molecule has 9 nitrogen and oxygen atoms in total. The minimum absolute atomic E-state index is 0.236. The van der Waals surface area contributed by atoms with Gasteiger partial charge in [0.25, 0.3) is 0 Å². The quantitative estimate of drug-likeness (QED) is 0.548. The molecule has 0 aliphatic rings. The average molecular weight is 407 g/mol. The normalized spacial score (nSPS) is 11.2. The maximum absolute atomic E-state index is 12.2. The van der Waals surface area contributed by atoms with Crippen LogP contribution in [0.5, 0.6) is 0 Å². The molecule has 0 atom stereocenters. The Bertz CT molecular complexity index is 802. The Morgan fingerprint density at radius 1 is 0.931 bits per heavy atom. The second-order valence-electron chi connectivity index (χ2n) is 7.32.